The number of halogens is 2. The van der Waals surface area contributed by atoms with Gasteiger partial charge in [-0.2, -0.15) is 0 Å². The Labute approximate surface area is 149 Å². The number of nitrogens with zero attached hydrogens (tertiary/aromatic N) is 3. The third-order valence-electron chi connectivity index (χ3n) is 2.94. The first kappa shape index (κ1) is 18.0. The molecule has 124 valence electrons. The van der Waals surface area contributed by atoms with Crippen LogP contribution in [0, 0.1) is 6.57 Å². The molecule has 0 fully saturated rings. The molecule has 0 aliphatic carbocycles. The molecule has 0 saturated heterocycles. The van der Waals surface area contributed by atoms with E-state index in [1.807, 2.05) is 20.8 Å². The molecule has 1 aromatic carbocycles. The second-order valence-electron chi connectivity index (χ2n) is 5.97. The van der Waals surface area contributed by atoms with Crippen LogP contribution in [0.5, 0.6) is 0 Å². The Balaban J connectivity index is 2.22. The summed E-state index contributed by atoms with van der Waals surface area (Å²) >= 11 is 11.8. The van der Waals surface area contributed by atoms with Gasteiger partial charge in [0.25, 0.3) is 0 Å². The van der Waals surface area contributed by atoms with Gasteiger partial charge in [-0.3, -0.25) is 4.79 Å². The topological polar surface area (TPSA) is 71.8 Å². The zero-order chi connectivity index (χ0) is 17.9. The number of carbonyl (C=O) groups is 1. The highest BCUT2D eigenvalue weighted by Crippen LogP contribution is 2.24. The lowest BCUT2D eigenvalue weighted by Gasteiger charge is -2.11. The monoisotopic (exact) mass is 364 g/mol. The van der Waals surface area contributed by atoms with Gasteiger partial charge >= 0.3 is 5.84 Å². The van der Waals surface area contributed by atoms with Crippen LogP contribution in [-0.2, 0) is 5.41 Å². The average molecular weight is 365 g/mol. The van der Waals surface area contributed by atoms with Gasteiger partial charge < -0.3 is 9.37 Å². The summed E-state index contributed by atoms with van der Waals surface area (Å²) in [6.45, 7) is 12.9. The van der Waals surface area contributed by atoms with Crippen molar-refractivity contribution in [1.82, 2.24) is 5.16 Å². The van der Waals surface area contributed by atoms with Gasteiger partial charge in [0.15, 0.2) is 0 Å². The van der Waals surface area contributed by atoms with Crippen molar-refractivity contribution in [2.45, 2.75) is 26.2 Å². The van der Waals surface area contributed by atoms with E-state index in [-0.39, 0.29) is 16.9 Å². The molecule has 0 atom stereocenters. The van der Waals surface area contributed by atoms with Gasteiger partial charge in [-0.05, 0) is 23.3 Å². The molecule has 1 aromatic heterocycles. The van der Waals surface area contributed by atoms with Crippen molar-refractivity contribution in [3.8, 4) is 0 Å². The molecule has 8 heteroatoms. The fourth-order valence-corrected chi connectivity index (χ4v) is 2.24. The predicted octanol–water partition coefficient (Wildman–Crippen LogP) is 4.81. The van der Waals surface area contributed by atoms with Crippen molar-refractivity contribution in [3.05, 3.63) is 57.2 Å². The third-order valence-corrected chi connectivity index (χ3v) is 3.38. The van der Waals surface area contributed by atoms with Crippen LogP contribution in [-0.4, -0.2) is 16.8 Å². The van der Waals surface area contributed by atoms with Crippen molar-refractivity contribution < 1.29 is 9.32 Å². The Morgan fingerprint density at radius 3 is 2.38 bits per heavy atom. The van der Waals surface area contributed by atoms with Crippen molar-refractivity contribution in [3.63, 3.8) is 0 Å². The second kappa shape index (κ2) is 7.04. The number of Topliss-reactive ketones (excluding diaryl/α,β-unsaturated/α-hetero) is 1. The number of hydrogen-bond acceptors (Lipinski definition) is 5. The SMILES string of the molecule is [C-]#[N+]/C(=N\Nc1cc(Cl)cc(Cl)c1)C(=O)c1cc(C(C)(C)C)on1. The van der Waals surface area contributed by atoms with Crippen LogP contribution < -0.4 is 5.43 Å². The largest absolute Gasteiger partial charge is 0.360 e. The Hall–Kier alpha value is -2.36. The number of benzene rings is 1. The molecule has 0 radical (unpaired) electrons. The quantitative estimate of drug-likeness (QED) is 0.278. The summed E-state index contributed by atoms with van der Waals surface area (Å²) in [5, 5.41) is 8.33. The van der Waals surface area contributed by atoms with Crippen molar-refractivity contribution in [1.29, 1.82) is 0 Å². The number of hydrogen-bond donors (Lipinski definition) is 1. The van der Waals surface area contributed by atoms with E-state index in [4.69, 9.17) is 34.3 Å². The van der Waals surface area contributed by atoms with E-state index in [9.17, 15) is 4.79 Å². The molecular formula is C16H14Cl2N4O2. The highest BCUT2D eigenvalue weighted by Gasteiger charge is 2.24. The van der Waals surface area contributed by atoms with Gasteiger partial charge in [0.2, 0.25) is 5.78 Å². The zero-order valence-corrected chi connectivity index (χ0v) is 14.7. The zero-order valence-electron chi connectivity index (χ0n) is 13.2. The van der Waals surface area contributed by atoms with Crippen LogP contribution >= 0.6 is 23.2 Å². The molecule has 0 bridgehead atoms. The van der Waals surface area contributed by atoms with E-state index in [0.717, 1.165) is 0 Å². The smallest absolute Gasteiger partial charge is 0.343 e. The van der Waals surface area contributed by atoms with Crippen molar-refractivity contribution in [2.24, 2.45) is 5.10 Å². The first-order valence-corrected chi connectivity index (χ1v) is 7.65. The first-order chi connectivity index (χ1) is 11.2. The fourth-order valence-electron chi connectivity index (χ4n) is 1.71. The Morgan fingerprint density at radius 2 is 1.88 bits per heavy atom. The number of hydrazone groups is 1. The van der Waals surface area contributed by atoms with Gasteiger partial charge in [-0.25, -0.2) is 5.43 Å². The molecule has 6 nitrogen and oxygen atoms in total. The first-order valence-electron chi connectivity index (χ1n) is 6.90. The van der Waals surface area contributed by atoms with Gasteiger partial charge in [-0.15, -0.1) is 0 Å². The van der Waals surface area contributed by atoms with E-state index in [1.54, 1.807) is 18.2 Å². The molecule has 0 aliphatic rings. The molecule has 1 heterocycles. The number of carbonyl (C=O) groups excluding carboxylic acids is 1. The maximum absolute atomic E-state index is 12.3. The lowest BCUT2D eigenvalue weighted by Crippen LogP contribution is -2.13. The van der Waals surface area contributed by atoms with Gasteiger partial charge in [0.1, 0.15) is 11.5 Å². The lowest BCUT2D eigenvalue weighted by atomic mass is 9.93. The molecule has 0 saturated carbocycles. The number of rotatable bonds is 4. The highest BCUT2D eigenvalue weighted by molar-refractivity contribution is 6.48. The average Bonchev–Trinajstić information content (AvgIpc) is 2.96. The van der Waals surface area contributed by atoms with E-state index in [2.05, 4.69) is 20.5 Å². The summed E-state index contributed by atoms with van der Waals surface area (Å²) in [5.41, 5.74) is 2.78. The summed E-state index contributed by atoms with van der Waals surface area (Å²) in [6, 6.07) is 6.20. The number of anilines is 1. The minimum Gasteiger partial charge on any atom is -0.360 e. The summed E-state index contributed by atoms with van der Waals surface area (Å²) in [4.78, 5) is 15.4. The van der Waals surface area contributed by atoms with E-state index in [1.165, 1.54) is 6.07 Å². The maximum atomic E-state index is 12.3. The van der Waals surface area contributed by atoms with E-state index < -0.39 is 5.78 Å². The molecule has 2 rings (SSSR count). The number of aromatic nitrogens is 1. The highest BCUT2D eigenvalue weighted by atomic mass is 35.5. The molecule has 0 aliphatic heterocycles. The van der Waals surface area contributed by atoms with Crippen molar-refractivity contribution in [2.75, 3.05) is 5.43 Å². The van der Waals surface area contributed by atoms with Crippen LogP contribution in [0.3, 0.4) is 0 Å². The van der Waals surface area contributed by atoms with Gasteiger partial charge in [0.05, 0.1) is 5.69 Å². The Bertz CT molecular complexity index is 824. The summed E-state index contributed by atoms with van der Waals surface area (Å²) in [6.07, 6.45) is 0. The number of nitrogens with one attached hydrogen (secondary N) is 1. The molecule has 1 N–H and O–H groups in total. The van der Waals surface area contributed by atoms with Crippen molar-refractivity contribution >= 4 is 40.5 Å². The third kappa shape index (κ3) is 4.34. The van der Waals surface area contributed by atoms with Crippen LogP contribution in [0.1, 0.15) is 37.0 Å². The molecule has 0 amide bonds. The fraction of sp³-hybridized carbons (Fsp3) is 0.250. The maximum Gasteiger partial charge on any atom is 0.343 e. The minimum atomic E-state index is -0.634. The van der Waals surface area contributed by atoms with E-state index in [0.29, 0.717) is 21.5 Å². The lowest BCUT2D eigenvalue weighted by molar-refractivity contribution is 0.105. The molecule has 0 unspecified atom stereocenters. The molecular weight excluding hydrogens is 351 g/mol. The van der Waals surface area contributed by atoms with Gasteiger partial charge in [-0.1, -0.05) is 55.7 Å². The normalized spacial score (nSPS) is 11.9. The number of ketones is 1. The van der Waals surface area contributed by atoms with Crippen LogP contribution in [0.15, 0.2) is 33.9 Å². The standard InChI is InChI=1S/C16H14Cl2N4O2/c1-16(2,3)13-8-12(22-24-13)14(23)15(19-4)21-20-11-6-9(17)5-10(18)7-11/h5-8,20H,1-3H3/b21-15-. The summed E-state index contributed by atoms with van der Waals surface area (Å²) in [5.74, 6) is -0.463. The number of amidine groups is 1. The van der Waals surface area contributed by atoms with Crippen LogP contribution in [0.2, 0.25) is 10.0 Å². The van der Waals surface area contributed by atoms with Crippen LogP contribution in [0.25, 0.3) is 4.85 Å². The van der Waals surface area contributed by atoms with E-state index >= 15 is 0 Å². The molecule has 2 aromatic rings. The minimum absolute atomic E-state index is 0.0283. The molecule has 24 heavy (non-hydrogen) atoms. The predicted molar refractivity (Wildman–Crippen MR) is 93.7 cm³/mol. The van der Waals surface area contributed by atoms with Crippen LogP contribution in [0.4, 0.5) is 5.69 Å². The Kier molecular flexibility index (Phi) is 5.27. The summed E-state index contributed by atoms with van der Waals surface area (Å²) < 4.78 is 5.16. The Morgan fingerprint density at radius 1 is 1.25 bits per heavy atom. The summed E-state index contributed by atoms with van der Waals surface area (Å²) in [7, 11) is 0. The van der Waals surface area contributed by atoms with Gasteiger partial charge in [0, 0.05) is 21.5 Å². The second-order valence-corrected chi connectivity index (χ2v) is 6.85. The molecule has 0 spiro atoms.